The third kappa shape index (κ3) is 3.50. The third-order valence-electron chi connectivity index (χ3n) is 4.28. The van der Waals surface area contributed by atoms with Crippen LogP contribution in [0.5, 0.6) is 0 Å². The molecule has 0 saturated heterocycles. The summed E-state index contributed by atoms with van der Waals surface area (Å²) in [5, 5.41) is 7.61. The molecule has 0 aliphatic heterocycles. The zero-order valence-corrected chi connectivity index (χ0v) is 15.2. The number of nitrogens with zero attached hydrogens (tertiary/aromatic N) is 3. The minimum absolute atomic E-state index is 0.448. The molecule has 0 amide bonds. The first-order valence-electron chi connectivity index (χ1n) is 8.68. The SMILES string of the molecule is Cc1cccc(Nc2ncnc(Nc3cccc4ccc(C)nc34)c2N)c1. The molecule has 6 nitrogen and oxygen atoms in total. The Morgan fingerprint density at radius 3 is 2.44 bits per heavy atom. The van der Waals surface area contributed by atoms with E-state index in [0.717, 1.165) is 33.5 Å². The normalized spacial score (nSPS) is 10.7. The molecule has 2 aromatic carbocycles. The first kappa shape index (κ1) is 16.8. The van der Waals surface area contributed by atoms with Crippen LogP contribution in [0.25, 0.3) is 10.9 Å². The van der Waals surface area contributed by atoms with E-state index in [9.17, 15) is 0 Å². The summed E-state index contributed by atoms with van der Waals surface area (Å²) in [5.41, 5.74) is 11.5. The fourth-order valence-corrected chi connectivity index (χ4v) is 2.93. The summed E-state index contributed by atoms with van der Waals surface area (Å²) in [6, 6.07) is 18.0. The van der Waals surface area contributed by atoms with E-state index in [0.29, 0.717) is 17.3 Å². The number of anilines is 5. The van der Waals surface area contributed by atoms with Gasteiger partial charge in [-0.15, -0.1) is 0 Å². The molecule has 0 radical (unpaired) electrons. The number of nitrogens with two attached hydrogens (primary N) is 1. The molecule has 6 heteroatoms. The van der Waals surface area contributed by atoms with Gasteiger partial charge in [-0.25, -0.2) is 9.97 Å². The smallest absolute Gasteiger partial charge is 0.159 e. The van der Waals surface area contributed by atoms with Crippen LogP contribution in [0.4, 0.5) is 28.7 Å². The molecule has 2 aromatic heterocycles. The molecule has 2 heterocycles. The van der Waals surface area contributed by atoms with Crippen molar-refractivity contribution in [3.8, 4) is 0 Å². The number of para-hydroxylation sites is 1. The largest absolute Gasteiger partial charge is 0.393 e. The van der Waals surface area contributed by atoms with Crippen molar-refractivity contribution in [2.75, 3.05) is 16.4 Å². The number of pyridine rings is 1. The summed E-state index contributed by atoms with van der Waals surface area (Å²) in [5.74, 6) is 1.10. The molecule has 0 fully saturated rings. The minimum Gasteiger partial charge on any atom is -0.393 e. The van der Waals surface area contributed by atoms with Gasteiger partial charge in [-0.3, -0.25) is 4.98 Å². The maximum absolute atomic E-state index is 6.32. The van der Waals surface area contributed by atoms with E-state index in [1.54, 1.807) is 0 Å². The highest BCUT2D eigenvalue weighted by Gasteiger charge is 2.11. The topological polar surface area (TPSA) is 88.8 Å². The molecule has 4 aromatic rings. The van der Waals surface area contributed by atoms with Crippen LogP contribution in [0.15, 0.2) is 60.9 Å². The van der Waals surface area contributed by atoms with Gasteiger partial charge in [-0.05, 0) is 43.7 Å². The summed E-state index contributed by atoms with van der Waals surface area (Å²) in [6.45, 7) is 4.01. The van der Waals surface area contributed by atoms with Gasteiger partial charge in [0.05, 0.1) is 11.2 Å². The molecule has 134 valence electrons. The molecule has 0 atom stereocenters. The number of hydrogen-bond donors (Lipinski definition) is 3. The molecule has 0 bridgehead atoms. The quantitative estimate of drug-likeness (QED) is 0.491. The Balaban J connectivity index is 1.69. The van der Waals surface area contributed by atoms with Gasteiger partial charge < -0.3 is 16.4 Å². The van der Waals surface area contributed by atoms with Gasteiger partial charge in [0, 0.05) is 16.8 Å². The molecule has 0 aliphatic rings. The average Bonchev–Trinajstić information content (AvgIpc) is 2.65. The second kappa shape index (κ2) is 6.92. The zero-order chi connectivity index (χ0) is 18.8. The Bertz CT molecular complexity index is 1120. The maximum atomic E-state index is 6.32. The summed E-state index contributed by atoms with van der Waals surface area (Å²) in [6.07, 6.45) is 1.49. The number of fused-ring (bicyclic) bond motifs is 1. The van der Waals surface area contributed by atoms with E-state index in [1.165, 1.54) is 6.33 Å². The monoisotopic (exact) mass is 356 g/mol. The zero-order valence-electron chi connectivity index (χ0n) is 15.2. The van der Waals surface area contributed by atoms with Gasteiger partial charge in [0.1, 0.15) is 12.0 Å². The van der Waals surface area contributed by atoms with Crippen molar-refractivity contribution >= 4 is 39.6 Å². The number of nitrogens with one attached hydrogen (secondary N) is 2. The van der Waals surface area contributed by atoms with Crippen LogP contribution >= 0.6 is 0 Å². The van der Waals surface area contributed by atoms with Gasteiger partial charge >= 0.3 is 0 Å². The van der Waals surface area contributed by atoms with Crippen LogP contribution in [0, 0.1) is 13.8 Å². The predicted octanol–water partition coefficient (Wildman–Crippen LogP) is 4.71. The average molecular weight is 356 g/mol. The lowest BCUT2D eigenvalue weighted by Gasteiger charge is -2.14. The van der Waals surface area contributed by atoms with Crippen LogP contribution in [0.3, 0.4) is 0 Å². The fraction of sp³-hybridized carbons (Fsp3) is 0.0952. The van der Waals surface area contributed by atoms with Crippen molar-refractivity contribution in [1.82, 2.24) is 15.0 Å². The first-order chi connectivity index (χ1) is 13.1. The van der Waals surface area contributed by atoms with Crippen molar-refractivity contribution in [1.29, 1.82) is 0 Å². The van der Waals surface area contributed by atoms with E-state index in [1.807, 2.05) is 62.4 Å². The maximum Gasteiger partial charge on any atom is 0.159 e. The number of nitrogen functional groups attached to an aromatic ring is 1. The van der Waals surface area contributed by atoms with Crippen molar-refractivity contribution < 1.29 is 0 Å². The second-order valence-corrected chi connectivity index (χ2v) is 6.43. The Morgan fingerprint density at radius 2 is 1.63 bits per heavy atom. The van der Waals surface area contributed by atoms with E-state index >= 15 is 0 Å². The Hall–Kier alpha value is -3.67. The Morgan fingerprint density at radius 1 is 0.852 bits per heavy atom. The highest BCUT2D eigenvalue weighted by molar-refractivity contribution is 5.93. The first-order valence-corrected chi connectivity index (χ1v) is 8.68. The standard InChI is InChI=1S/C21H20N6/c1-13-5-3-7-16(11-13)26-20-18(22)21(24-12-23-20)27-17-8-4-6-15-10-9-14(2)25-19(15)17/h3-12H,22H2,1-2H3,(H2,23,24,26,27). The molecule has 4 rings (SSSR count). The number of benzene rings is 2. The molecule has 0 spiro atoms. The number of aromatic nitrogens is 3. The summed E-state index contributed by atoms with van der Waals surface area (Å²) in [4.78, 5) is 13.2. The molecule has 0 saturated carbocycles. The van der Waals surface area contributed by atoms with Crippen LogP contribution in [-0.2, 0) is 0 Å². The Labute approximate surface area is 157 Å². The van der Waals surface area contributed by atoms with E-state index in [2.05, 4.69) is 31.7 Å². The summed E-state index contributed by atoms with van der Waals surface area (Å²) < 4.78 is 0. The Kier molecular flexibility index (Phi) is 4.30. The lowest BCUT2D eigenvalue weighted by molar-refractivity contribution is 1.17. The van der Waals surface area contributed by atoms with E-state index in [-0.39, 0.29) is 0 Å². The van der Waals surface area contributed by atoms with Gasteiger partial charge in [0.25, 0.3) is 0 Å². The number of hydrogen-bond acceptors (Lipinski definition) is 6. The molecular formula is C21H20N6. The van der Waals surface area contributed by atoms with E-state index in [4.69, 9.17) is 5.73 Å². The summed E-state index contributed by atoms with van der Waals surface area (Å²) >= 11 is 0. The summed E-state index contributed by atoms with van der Waals surface area (Å²) in [7, 11) is 0. The van der Waals surface area contributed by atoms with Gasteiger partial charge in [0.15, 0.2) is 11.6 Å². The lowest BCUT2D eigenvalue weighted by Crippen LogP contribution is -2.05. The lowest BCUT2D eigenvalue weighted by atomic mass is 10.1. The minimum atomic E-state index is 0.448. The number of rotatable bonds is 4. The van der Waals surface area contributed by atoms with Gasteiger partial charge in [-0.1, -0.05) is 30.3 Å². The van der Waals surface area contributed by atoms with Crippen LogP contribution in [-0.4, -0.2) is 15.0 Å². The highest BCUT2D eigenvalue weighted by Crippen LogP contribution is 2.30. The molecule has 0 aliphatic carbocycles. The molecule has 4 N–H and O–H groups in total. The third-order valence-corrected chi connectivity index (χ3v) is 4.28. The molecular weight excluding hydrogens is 336 g/mol. The predicted molar refractivity (Wildman–Crippen MR) is 111 cm³/mol. The second-order valence-electron chi connectivity index (χ2n) is 6.43. The highest BCUT2D eigenvalue weighted by atomic mass is 15.1. The van der Waals surface area contributed by atoms with Crippen molar-refractivity contribution in [3.63, 3.8) is 0 Å². The van der Waals surface area contributed by atoms with Gasteiger partial charge in [0.2, 0.25) is 0 Å². The molecule has 0 unspecified atom stereocenters. The van der Waals surface area contributed by atoms with Gasteiger partial charge in [-0.2, -0.15) is 0 Å². The number of aryl methyl sites for hydroxylation is 2. The van der Waals surface area contributed by atoms with Crippen molar-refractivity contribution in [2.24, 2.45) is 0 Å². The van der Waals surface area contributed by atoms with Crippen LogP contribution in [0.1, 0.15) is 11.3 Å². The van der Waals surface area contributed by atoms with Crippen LogP contribution < -0.4 is 16.4 Å². The fourth-order valence-electron chi connectivity index (χ4n) is 2.93. The van der Waals surface area contributed by atoms with Crippen molar-refractivity contribution in [2.45, 2.75) is 13.8 Å². The van der Waals surface area contributed by atoms with Crippen LogP contribution in [0.2, 0.25) is 0 Å². The van der Waals surface area contributed by atoms with Crippen molar-refractivity contribution in [3.05, 3.63) is 72.2 Å². The van der Waals surface area contributed by atoms with E-state index < -0.39 is 0 Å². The molecule has 27 heavy (non-hydrogen) atoms.